The van der Waals surface area contributed by atoms with Crippen molar-refractivity contribution < 1.29 is 9.18 Å². The van der Waals surface area contributed by atoms with E-state index >= 15 is 0 Å². The summed E-state index contributed by atoms with van der Waals surface area (Å²) in [6, 6.07) is 4.93. The van der Waals surface area contributed by atoms with E-state index in [1.807, 2.05) is 17.5 Å². The second kappa shape index (κ2) is 8.30. The topological polar surface area (TPSA) is 119 Å². The minimum absolute atomic E-state index is 0.00434. The van der Waals surface area contributed by atoms with E-state index in [9.17, 15) is 9.18 Å². The minimum atomic E-state index is -0.749. The van der Waals surface area contributed by atoms with E-state index in [-0.39, 0.29) is 29.2 Å². The number of nitrogens with zero attached hydrogens (tertiary/aromatic N) is 2. The van der Waals surface area contributed by atoms with Crippen LogP contribution in [0.2, 0.25) is 0 Å². The summed E-state index contributed by atoms with van der Waals surface area (Å²) in [7, 11) is 0. The lowest BCUT2D eigenvalue weighted by Crippen LogP contribution is -2.37. The number of primary amides is 1. The number of amides is 1. The molecule has 1 saturated carbocycles. The number of rotatable bonds is 6. The van der Waals surface area contributed by atoms with Crippen LogP contribution in [0.4, 0.5) is 21.7 Å². The highest BCUT2D eigenvalue weighted by Gasteiger charge is 2.26. The van der Waals surface area contributed by atoms with E-state index in [1.165, 1.54) is 11.3 Å². The number of hydrogen-bond donors (Lipinski definition) is 4. The van der Waals surface area contributed by atoms with Crippen LogP contribution in [0.1, 0.15) is 36.0 Å². The third-order valence-corrected chi connectivity index (χ3v) is 6.28. The fourth-order valence-corrected chi connectivity index (χ4v) is 4.66. The van der Waals surface area contributed by atoms with Crippen LogP contribution < -0.4 is 22.1 Å². The highest BCUT2D eigenvalue weighted by atomic mass is 32.1. The number of hydrogen-bond acceptors (Lipinski definition) is 7. The molecule has 29 heavy (non-hydrogen) atoms. The lowest BCUT2D eigenvalue weighted by atomic mass is 9.84. The predicted molar refractivity (Wildman–Crippen MR) is 114 cm³/mol. The Bertz CT molecular complexity index is 1040. The average Bonchev–Trinajstić information content (AvgIpc) is 3.13. The van der Waals surface area contributed by atoms with Crippen molar-refractivity contribution in [3.63, 3.8) is 0 Å². The van der Waals surface area contributed by atoms with Gasteiger partial charge in [0.1, 0.15) is 10.6 Å². The number of nitrogens with one attached hydrogen (secondary N) is 2. The smallest absolute Gasteiger partial charge is 0.252 e. The first-order valence-corrected chi connectivity index (χ1v) is 10.5. The Balaban J connectivity index is 1.68. The van der Waals surface area contributed by atoms with Gasteiger partial charge in [-0.25, -0.2) is 14.4 Å². The molecule has 0 radical (unpaired) electrons. The van der Waals surface area contributed by atoms with Gasteiger partial charge >= 0.3 is 0 Å². The van der Waals surface area contributed by atoms with Crippen molar-refractivity contribution in [2.45, 2.75) is 31.7 Å². The zero-order valence-corrected chi connectivity index (χ0v) is 16.6. The van der Waals surface area contributed by atoms with Crippen molar-refractivity contribution in [3.8, 4) is 0 Å². The molecule has 0 spiro atoms. The Hall–Kier alpha value is -2.78. The summed E-state index contributed by atoms with van der Waals surface area (Å²) in [5.41, 5.74) is 12.1. The van der Waals surface area contributed by atoms with Crippen LogP contribution >= 0.6 is 11.3 Å². The van der Waals surface area contributed by atoms with Gasteiger partial charge in [0.2, 0.25) is 0 Å². The van der Waals surface area contributed by atoms with Crippen molar-refractivity contribution in [2.75, 3.05) is 17.2 Å². The number of nitrogens with two attached hydrogens (primary N) is 2. The second-order valence-corrected chi connectivity index (χ2v) is 8.10. The van der Waals surface area contributed by atoms with Gasteiger partial charge in [0.05, 0.1) is 11.3 Å². The van der Waals surface area contributed by atoms with Gasteiger partial charge in [0, 0.05) is 23.0 Å². The Morgan fingerprint density at radius 2 is 2.14 bits per heavy atom. The van der Waals surface area contributed by atoms with E-state index in [1.54, 1.807) is 6.20 Å². The van der Waals surface area contributed by atoms with Gasteiger partial charge in [-0.15, -0.1) is 11.3 Å². The van der Waals surface area contributed by atoms with E-state index in [0.717, 1.165) is 47.7 Å². The van der Waals surface area contributed by atoms with Crippen LogP contribution in [-0.2, 0) is 0 Å². The first-order valence-electron chi connectivity index (χ1n) is 9.63. The van der Waals surface area contributed by atoms with E-state index in [2.05, 4.69) is 20.6 Å². The largest absolute Gasteiger partial charge is 0.365 e. The van der Waals surface area contributed by atoms with Crippen LogP contribution in [0.15, 0.2) is 29.8 Å². The van der Waals surface area contributed by atoms with Crippen LogP contribution in [0.25, 0.3) is 10.2 Å². The molecular formula is C20H23FN6OS. The summed E-state index contributed by atoms with van der Waals surface area (Å²) >= 11 is 1.47. The monoisotopic (exact) mass is 414 g/mol. The van der Waals surface area contributed by atoms with Crippen LogP contribution in [0.3, 0.4) is 0 Å². The third kappa shape index (κ3) is 4.01. The normalized spacial score (nSPS) is 19.2. The molecule has 1 aliphatic carbocycles. The minimum Gasteiger partial charge on any atom is -0.365 e. The number of halogens is 1. The quantitative estimate of drug-likeness (QED) is 0.489. The van der Waals surface area contributed by atoms with Gasteiger partial charge < -0.3 is 22.1 Å². The summed E-state index contributed by atoms with van der Waals surface area (Å²) in [6.07, 6.45) is 5.82. The molecule has 4 rings (SSSR count). The maximum Gasteiger partial charge on any atom is 0.252 e. The molecule has 1 fully saturated rings. The Labute approximate surface area is 171 Å². The summed E-state index contributed by atoms with van der Waals surface area (Å²) in [5, 5.41) is 9.11. The van der Waals surface area contributed by atoms with Crippen molar-refractivity contribution in [1.29, 1.82) is 0 Å². The zero-order valence-electron chi connectivity index (χ0n) is 15.8. The molecule has 0 bridgehead atoms. The summed E-state index contributed by atoms with van der Waals surface area (Å²) in [6.45, 7) is 0.539. The SMILES string of the molecule is NCC1CCCC[C@H]1Nc1nc(Nc2csc3ncccc23)c(C(N)=O)cc1F. The fraction of sp³-hybridized carbons (Fsp3) is 0.350. The van der Waals surface area contributed by atoms with Gasteiger partial charge in [0.25, 0.3) is 5.91 Å². The van der Waals surface area contributed by atoms with Crippen molar-refractivity contribution in [1.82, 2.24) is 9.97 Å². The standard InChI is InChI=1S/C20H23FN6OS/c21-14-8-13(17(23)28)18(26-16-10-29-20-12(16)5-3-7-24-20)27-19(14)25-15-6-2-1-4-11(15)9-22/h3,5,7-8,10-11,15H,1-2,4,6,9,22H2,(H2,23,28)(H2,25,26,27)/t11?,15-/m1/s1. The Kier molecular flexibility index (Phi) is 5.59. The number of pyridine rings is 2. The van der Waals surface area contributed by atoms with E-state index < -0.39 is 11.7 Å². The first kappa shape index (κ1) is 19.5. The molecule has 3 heterocycles. The molecule has 1 aliphatic rings. The Morgan fingerprint density at radius 3 is 2.93 bits per heavy atom. The summed E-state index contributed by atoms with van der Waals surface area (Å²) < 4.78 is 14.7. The number of carbonyl (C=O) groups is 1. The van der Waals surface area contributed by atoms with Gasteiger partial charge in [-0.3, -0.25) is 4.79 Å². The molecule has 152 valence electrons. The predicted octanol–water partition coefficient (Wildman–Crippen LogP) is 3.60. The van der Waals surface area contributed by atoms with Gasteiger partial charge in [-0.2, -0.15) is 0 Å². The van der Waals surface area contributed by atoms with Gasteiger partial charge in [0.15, 0.2) is 11.6 Å². The molecule has 2 atom stereocenters. The molecule has 1 unspecified atom stereocenters. The summed E-state index contributed by atoms with van der Waals surface area (Å²) in [5.74, 6) is -0.780. The van der Waals surface area contributed by atoms with Crippen LogP contribution in [0, 0.1) is 11.7 Å². The number of carbonyl (C=O) groups excluding carboxylic acids is 1. The number of thiophene rings is 1. The van der Waals surface area contributed by atoms with Gasteiger partial charge in [-0.1, -0.05) is 12.8 Å². The molecule has 0 saturated heterocycles. The summed E-state index contributed by atoms with van der Waals surface area (Å²) in [4.78, 5) is 21.4. The van der Waals surface area contributed by atoms with E-state index in [4.69, 9.17) is 11.5 Å². The van der Waals surface area contributed by atoms with Crippen molar-refractivity contribution in [2.24, 2.45) is 17.4 Å². The molecule has 1 amide bonds. The lowest BCUT2D eigenvalue weighted by Gasteiger charge is -2.32. The van der Waals surface area contributed by atoms with Crippen LogP contribution in [0.5, 0.6) is 0 Å². The number of aromatic nitrogens is 2. The number of anilines is 3. The molecule has 7 nitrogen and oxygen atoms in total. The first-order chi connectivity index (χ1) is 14.1. The maximum absolute atomic E-state index is 14.7. The molecule has 3 aromatic heterocycles. The highest BCUT2D eigenvalue weighted by molar-refractivity contribution is 7.17. The second-order valence-electron chi connectivity index (χ2n) is 7.24. The van der Waals surface area contributed by atoms with E-state index in [0.29, 0.717) is 6.54 Å². The van der Waals surface area contributed by atoms with Crippen molar-refractivity contribution >= 4 is 44.8 Å². The number of fused-ring (bicyclic) bond motifs is 1. The fourth-order valence-electron chi connectivity index (χ4n) is 3.82. The Morgan fingerprint density at radius 1 is 1.31 bits per heavy atom. The third-order valence-electron chi connectivity index (χ3n) is 5.38. The van der Waals surface area contributed by atoms with Gasteiger partial charge in [-0.05, 0) is 43.5 Å². The lowest BCUT2D eigenvalue weighted by molar-refractivity contribution is 0.100. The van der Waals surface area contributed by atoms with Crippen LogP contribution in [-0.4, -0.2) is 28.5 Å². The van der Waals surface area contributed by atoms with Crippen molar-refractivity contribution in [3.05, 3.63) is 41.2 Å². The maximum atomic E-state index is 14.7. The zero-order chi connectivity index (χ0) is 20.4. The molecule has 0 aromatic carbocycles. The molecule has 3 aromatic rings. The highest BCUT2D eigenvalue weighted by Crippen LogP contribution is 2.33. The molecule has 9 heteroatoms. The average molecular weight is 415 g/mol. The molecule has 0 aliphatic heterocycles. The molecular weight excluding hydrogens is 391 g/mol. The molecule has 6 N–H and O–H groups in total.